The minimum absolute atomic E-state index is 0.0936. The number of nitrogens with zero attached hydrogens (tertiary/aromatic N) is 3. The van der Waals surface area contributed by atoms with Crippen molar-refractivity contribution in [3.05, 3.63) is 69.2 Å². The van der Waals surface area contributed by atoms with Crippen LogP contribution in [0.1, 0.15) is 58.3 Å². The zero-order valence-corrected chi connectivity index (χ0v) is 20.5. The first kappa shape index (κ1) is 22.7. The molecule has 1 saturated carbocycles. The molecule has 1 fully saturated rings. The summed E-state index contributed by atoms with van der Waals surface area (Å²) in [5, 5.41) is 0.578. The van der Waals surface area contributed by atoms with Gasteiger partial charge in [0.05, 0.1) is 22.6 Å². The molecule has 0 spiro atoms. The van der Waals surface area contributed by atoms with Gasteiger partial charge in [-0.05, 0) is 61.6 Å². The third-order valence-electron chi connectivity index (χ3n) is 6.25. The fourth-order valence-corrected chi connectivity index (χ4v) is 4.67. The standard InChI is InChI=1S/C26H30BrN3O2/c1-4-23(29(16-17(2)3)25(31)18-8-7-9-18)24-28-22-11-6-5-10-21(22)26(32)30(24)20-14-12-19(27)13-15-20/h5-6,10-15,17-18,23H,4,7-9,16H2,1-3H3. The second-order valence-corrected chi connectivity index (χ2v) is 9.96. The van der Waals surface area contributed by atoms with Crippen molar-refractivity contribution in [1.29, 1.82) is 0 Å². The van der Waals surface area contributed by atoms with Crippen molar-refractivity contribution >= 4 is 32.7 Å². The van der Waals surface area contributed by atoms with Crippen molar-refractivity contribution in [2.45, 2.75) is 52.5 Å². The lowest BCUT2D eigenvalue weighted by Gasteiger charge is -2.38. The second kappa shape index (κ2) is 9.57. The number of carbonyl (C=O) groups is 1. The van der Waals surface area contributed by atoms with Gasteiger partial charge in [0, 0.05) is 16.9 Å². The molecule has 1 heterocycles. The molecule has 0 bridgehead atoms. The molecule has 1 unspecified atom stereocenters. The van der Waals surface area contributed by atoms with E-state index >= 15 is 0 Å². The zero-order valence-electron chi connectivity index (χ0n) is 18.9. The van der Waals surface area contributed by atoms with E-state index in [1.807, 2.05) is 53.4 Å². The van der Waals surface area contributed by atoms with Gasteiger partial charge in [-0.2, -0.15) is 0 Å². The summed E-state index contributed by atoms with van der Waals surface area (Å²) in [6, 6.07) is 14.9. The Hall–Kier alpha value is -2.47. The highest BCUT2D eigenvalue weighted by Gasteiger charge is 2.35. The van der Waals surface area contributed by atoms with Crippen LogP contribution in [-0.2, 0) is 4.79 Å². The molecule has 0 saturated heterocycles. The molecule has 1 aliphatic rings. The number of benzene rings is 2. The van der Waals surface area contributed by atoms with Gasteiger partial charge in [0.2, 0.25) is 5.91 Å². The van der Waals surface area contributed by atoms with Crippen LogP contribution in [0, 0.1) is 11.8 Å². The first-order valence-corrected chi connectivity index (χ1v) is 12.3. The van der Waals surface area contributed by atoms with Gasteiger partial charge in [-0.15, -0.1) is 0 Å². The average Bonchev–Trinajstić information content (AvgIpc) is 2.73. The Balaban J connectivity index is 1.93. The van der Waals surface area contributed by atoms with Gasteiger partial charge in [-0.1, -0.05) is 55.3 Å². The Morgan fingerprint density at radius 2 is 1.84 bits per heavy atom. The minimum atomic E-state index is -0.272. The van der Waals surface area contributed by atoms with E-state index in [2.05, 4.69) is 36.7 Å². The van der Waals surface area contributed by atoms with E-state index in [9.17, 15) is 9.59 Å². The number of amides is 1. The van der Waals surface area contributed by atoms with Crippen LogP contribution in [0.15, 0.2) is 57.8 Å². The van der Waals surface area contributed by atoms with Gasteiger partial charge in [0.25, 0.3) is 5.56 Å². The first-order valence-electron chi connectivity index (χ1n) is 11.5. The Morgan fingerprint density at radius 3 is 2.44 bits per heavy atom. The van der Waals surface area contributed by atoms with Gasteiger partial charge in [-0.3, -0.25) is 14.2 Å². The highest BCUT2D eigenvalue weighted by Crippen LogP contribution is 2.34. The zero-order chi connectivity index (χ0) is 22.8. The number of rotatable bonds is 7. The number of hydrogen-bond donors (Lipinski definition) is 0. The van der Waals surface area contributed by atoms with Crippen LogP contribution in [0.5, 0.6) is 0 Å². The summed E-state index contributed by atoms with van der Waals surface area (Å²) in [6.07, 6.45) is 3.70. The van der Waals surface area contributed by atoms with E-state index in [1.165, 1.54) is 0 Å². The molecule has 5 nitrogen and oxygen atoms in total. The summed E-state index contributed by atoms with van der Waals surface area (Å²) < 4.78 is 2.64. The van der Waals surface area contributed by atoms with Crippen LogP contribution in [-0.4, -0.2) is 26.9 Å². The van der Waals surface area contributed by atoms with Gasteiger partial charge in [0.1, 0.15) is 5.82 Å². The number of carbonyl (C=O) groups excluding carboxylic acids is 1. The van der Waals surface area contributed by atoms with Gasteiger partial charge in [0.15, 0.2) is 0 Å². The summed E-state index contributed by atoms with van der Waals surface area (Å²) in [6.45, 7) is 6.98. The number of fused-ring (bicyclic) bond motifs is 1. The minimum Gasteiger partial charge on any atom is -0.332 e. The van der Waals surface area contributed by atoms with E-state index in [0.717, 1.165) is 29.4 Å². The number of halogens is 1. The van der Waals surface area contributed by atoms with Crippen LogP contribution < -0.4 is 5.56 Å². The smallest absolute Gasteiger partial charge is 0.266 e. The molecule has 168 valence electrons. The maximum atomic E-state index is 13.7. The number of para-hydroxylation sites is 1. The van der Waals surface area contributed by atoms with Crippen molar-refractivity contribution < 1.29 is 4.79 Å². The summed E-state index contributed by atoms with van der Waals surface area (Å²) in [5.74, 6) is 1.24. The molecule has 1 aliphatic carbocycles. The molecule has 1 aromatic heterocycles. The van der Waals surface area contributed by atoms with E-state index in [-0.39, 0.29) is 23.4 Å². The van der Waals surface area contributed by atoms with Gasteiger partial charge < -0.3 is 4.90 Å². The molecule has 32 heavy (non-hydrogen) atoms. The molecule has 6 heteroatoms. The Labute approximate surface area is 197 Å². The SMILES string of the molecule is CCC(c1nc2ccccc2c(=O)n1-c1ccc(Br)cc1)N(CC(C)C)C(=O)C1CCC1. The van der Waals surface area contributed by atoms with Crippen LogP contribution in [0.2, 0.25) is 0 Å². The summed E-state index contributed by atoms with van der Waals surface area (Å²) in [5.41, 5.74) is 1.32. The Kier molecular flexibility index (Phi) is 6.79. The second-order valence-electron chi connectivity index (χ2n) is 9.04. The molecule has 0 aliphatic heterocycles. The maximum Gasteiger partial charge on any atom is 0.266 e. The van der Waals surface area contributed by atoms with E-state index in [1.54, 1.807) is 4.57 Å². The molecule has 4 rings (SSSR count). The Morgan fingerprint density at radius 1 is 1.16 bits per heavy atom. The molecule has 2 aromatic carbocycles. The molecular formula is C26H30BrN3O2. The normalized spacial score (nSPS) is 15.0. The molecule has 0 radical (unpaired) electrons. The van der Waals surface area contributed by atoms with Crippen LogP contribution in [0.4, 0.5) is 0 Å². The predicted octanol–water partition coefficient (Wildman–Crippen LogP) is 5.88. The highest BCUT2D eigenvalue weighted by molar-refractivity contribution is 9.10. The lowest BCUT2D eigenvalue weighted by atomic mass is 9.83. The predicted molar refractivity (Wildman–Crippen MR) is 132 cm³/mol. The van der Waals surface area contributed by atoms with Gasteiger partial charge in [-0.25, -0.2) is 4.98 Å². The summed E-state index contributed by atoms with van der Waals surface area (Å²) >= 11 is 3.48. The molecule has 0 N–H and O–H groups in total. The Bertz CT molecular complexity index is 1170. The number of hydrogen-bond acceptors (Lipinski definition) is 3. The summed E-state index contributed by atoms with van der Waals surface area (Å²) in [4.78, 5) is 34.1. The van der Waals surface area contributed by atoms with E-state index in [4.69, 9.17) is 4.98 Å². The molecule has 1 atom stereocenters. The van der Waals surface area contributed by atoms with Gasteiger partial charge >= 0.3 is 0 Å². The topological polar surface area (TPSA) is 55.2 Å². The summed E-state index contributed by atoms with van der Waals surface area (Å²) in [7, 11) is 0. The lowest BCUT2D eigenvalue weighted by molar-refractivity contribution is -0.141. The van der Waals surface area contributed by atoms with E-state index in [0.29, 0.717) is 35.6 Å². The van der Waals surface area contributed by atoms with Crippen molar-refractivity contribution in [2.24, 2.45) is 11.8 Å². The van der Waals surface area contributed by atoms with Crippen molar-refractivity contribution in [3.8, 4) is 5.69 Å². The fourth-order valence-electron chi connectivity index (χ4n) is 4.41. The quantitative estimate of drug-likeness (QED) is 0.410. The number of aromatic nitrogens is 2. The van der Waals surface area contributed by atoms with Crippen molar-refractivity contribution in [2.75, 3.05) is 6.54 Å². The third kappa shape index (κ3) is 4.38. The van der Waals surface area contributed by atoms with Crippen molar-refractivity contribution in [1.82, 2.24) is 14.5 Å². The molecular weight excluding hydrogens is 466 g/mol. The first-order chi connectivity index (χ1) is 15.4. The highest BCUT2D eigenvalue weighted by atomic mass is 79.9. The maximum absolute atomic E-state index is 13.7. The molecule has 1 amide bonds. The fraction of sp³-hybridized carbons (Fsp3) is 0.423. The van der Waals surface area contributed by atoms with Crippen LogP contribution in [0.25, 0.3) is 16.6 Å². The van der Waals surface area contributed by atoms with Crippen LogP contribution in [0.3, 0.4) is 0 Å². The largest absolute Gasteiger partial charge is 0.332 e. The monoisotopic (exact) mass is 495 g/mol. The third-order valence-corrected chi connectivity index (χ3v) is 6.78. The average molecular weight is 496 g/mol. The lowest BCUT2D eigenvalue weighted by Crippen LogP contribution is -2.44. The molecule has 3 aromatic rings. The van der Waals surface area contributed by atoms with Crippen molar-refractivity contribution in [3.63, 3.8) is 0 Å². The van der Waals surface area contributed by atoms with Crippen LogP contribution >= 0.6 is 15.9 Å². The van der Waals surface area contributed by atoms with E-state index < -0.39 is 0 Å².